The number of benzene rings is 1. The number of hydrogen-bond acceptors (Lipinski definition) is 4. The molecule has 25 heavy (non-hydrogen) atoms. The number of carbonyl (C=O) groups is 1. The average Bonchev–Trinajstić information content (AvgIpc) is 2.62. The van der Waals surface area contributed by atoms with Gasteiger partial charge in [-0.25, -0.2) is 9.97 Å². The zero-order valence-corrected chi connectivity index (χ0v) is 15.3. The fourth-order valence-electron chi connectivity index (χ4n) is 3.09. The number of amides is 1. The second kappa shape index (κ2) is 7.74. The Balaban J connectivity index is 1.60. The van der Waals surface area contributed by atoms with Gasteiger partial charge in [0.05, 0.1) is 11.3 Å². The Labute approximate surface area is 149 Å². The molecule has 1 saturated heterocycles. The summed E-state index contributed by atoms with van der Waals surface area (Å²) in [6.07, 6.45) is 1.69. The highest BCUT2D eigenvalue weighted by atomic mass is 16.2. The normalized spacial score (nSPS) is 15.6. The Morgan fingerprint density at radius 1 is 1.12 bits per heavy atom. The fourth-order valence-corrected chi connectivity index (χ4v) is 3.09. The van der Waals surface area contributed by atoms with Crippen molar-refractivity contribution < 1.29 is 4.79 Å². The van der Waals surface area contributed by atoms with Crippen molar-refractivity contribution in [1.29, 1.82) is 0 Å². The number of hydrogen-bond donors (Lipinski definition) is 0. The van der Waals surface area contributed by atoms with Gasteiger partial charge in [-0.1, -0.05) is 44.2 Å². The third kappa shape index (κ3) is 4.23. The van der Waals surface area contributed by atoms with E-state index in [1.54, 1.807) is 6.20 Å². The van der Waals surface area contributed by atoms with Crippen molar-refractivity contribution in [1.82, 2.24) is 19.8 Å². The van der Waals surface area contributed by atoms with Crippen LogP contribution in [0.3, 0.4) is 0 Å². The first kappa shape index (κ1) is 17.5. The molecule has 5 heteroatoms. The van der Waals surface area contributed by atoms with E-state index in [-0.39, 0.29) is 11.8 Å². The van der Waals surface area contributed by atoms with Crippen LogP contribution in [-0.4, -0.2) is 51.9 Å². The van der Waals surface area contributed by atoms with Crippen LogP contribution >= 0.6 is 0 Å². The Morgan fingerprint density at radius 3 is 2.40 bits per heavy atom. The summed E-state index contributed by atoms with van der Waals surface area (Å²) in [5, 5.41) is 0. The highest BCUT2D eigenvalue weighted by Gasteiger charge is 2.24. The van der Waals surface area contributed by atoms with Gasteiger partial charge >= 0.3 is 0 Å². The molecule has 0 unspecified atom stereocenters. The van der Waals surface area contributed by atoms with Crippen LogP contribution in [0.4, 0.5) is 0 Å². The van der Waals surface area contributed by atoms with E-state index < -0.39 is 0 Å². The molecule has 1 amide bonds. The minimum atomic E-state index is 0.0483. The van der Waals surface area contributed by atoms with E-state index in [0.717, 1.165) is 44.2 Å². The quantitative estimate of drug-likeness (QED) is 0.860. The van der Waals surface area contributed by atoms with Crippen molar-refractivity contribution >= 4 is 5.91 Å². The van der Waals surface area contributed by atoms with Gasteiger partial charge in [-0.05, 0) is 12.5 Å². The molecule has 1 fully saturated rings. The van der Waals surface area contributed by atoms with E-state index in [1.165, 1.54) is 5.56 Å². The molecular formula is C20H26N4O. The summed E-state index contributed by atoms with van der Waals surface area (Å²) in [5.74, 6) is 1.11. The van der Waals surface area contributed by atoms with Gasteiger partial charge < -0.3 is 4.90 Å². The smallest absolute Gasteiger partial charge is 0.257 e. The molecule has 3 rings (SSSR count). The van der Waals surface area contributed by atoms with Gasteiger partial charge in [-0.2, -0.15) is 0 Å². The van der Waals surface area contributed by atoms with E-state index in [9.17, 15) is 4.79 Å². The average molecular weight is 338 g/mol. The highest BCUT2D eigenvalue weighted by molar-refractivity contribution is 5.95. The molecule has 0 aliphatic carbocycles. The number of rotatable bonds is 4. The van der Waals surface area contributed by atoms with Gasteiger partial charge in [0.1, 0.15) is 5.82 Å². The van der Waals surface area contributed by atoms with E-state index in [4.69, 9.17) is 0 Å². The molecule has 1 aromatic carbocycles. The minimum absolute atomic E-state index is 0.0483. The maximum Gasteiger partial charge on any atom is 0.257 e. The summed E-state index contributed by atoms with van der Waals surface area (Å²) < 4.78 is 0. The summed E-state index contributed by atoms with van der Waals surface area (Å²) in [7, 11) is 0. The molecule has 0 spiro atoms. The van der Waals surface area contributed by atoms with Crippen molar-refractivity contribution in [3.05, 3.63) is 59.2 Å². The van der Waals surface area contributed by atoms with Crippen LogP contribution in [0.15, 0.2) is 36.5 Å². The molecule has 0 N–H and O–H groups in total. The van der Waals surface area contributed by atoms with Crippen LogP contribution < -0.4 is 0 Å². The minimum Gasteiger partial charge on any atom is -0.336 e. The Hall–Kier alpha value is -2.27. The number of piperazine rings is 1. The molecule has 0 radical (unpaired) electrons. The van der Waals surface area contributed by atoms with Gasteiger partial charge in [0.2, 0.25) is 0 Å². The van der Waals surface area contributed by atoms with Crippen molar-refractivity contribution in [2.24, 2.45) is 0 Å². The van der Waals surface area contributed by atoms with Gasteiger partial charge in [-0.15, -0.1) is 0 Å². The predicted molar refractivity (Wildman–Crippen MR) is 98.5 cm³/mol. The first-order valence-electron chi connectivity index (χ1n) is 8.93. The molecule has 1 aliphatic rings. The fraction of sp³-hybridized carbons (Fsp3) is 0.450. The van der Waals surface area contributed by atoms with Gasteiger partial charge in [0, 0.05) is 44.8 Å². The van der Waals surface area contributed by atoms with E-state index in [0.29, 0.717) is 5.56 Å². The zero-order valence-electron chi connectivity index (χ0n) is 15.3. The number of carbonyl (C=O) groups excluding carboxylic acids is 1. The largest absolute Gasteiger partial charge is 0.336 e. The van der Waals surface area contributed by atoms with Crippen LogP contribution in [0.5, 0.6) is 0 Å². The maximum atomic E-state index is 12.8. The molecule has 0 atom stereocenters. The molecule has 2 heterocycles. The predicted octanol–water partition coefficient (Wildman–Crippen LogP) is 2.87. The topological polar surface area (TPSA) is 49.3 Å². The molecule has 0 saturated carbocycles. The molecule has 1 aliphatic heterocycles. The van der Waals surface area contributed by atoms with E-state index in [1.807, 2.05) is 17.9 Å². The Kier molecular flexibility index (Phi) is 5.43. The van der Waals surface area contributed by atoms with Crippen LogP contribution in [0, 0.1) is 6.92 Å². The summed E-state index contributed by atoms with van der Waals surface area (Å²) in [4.78, 5) is 26.0. The second-order valence-electron chi connectivity index (χ2n) is 6.94. The highest BCUT2D eigenvalue weighted by Crippen LogP contribution is 2.15. The molecule has 2 aromatic rings. The Bertz CT molecular complexity index is 722. The van der Waals surface area contributed by atoms with Crippen molar-refractivity contribution in [2.75, 3.05) is 26.2 Å². The number of aromatic nitrogens is 2. The number of aryl methyl sites for hydroxylation is 1. The summed E-state index contributed by atoms with van der Waals surface area (Å²) in [6.45, 7) is 10.2. The second-order valence-corrected chi connectivity index (χ2v) is 6.94. The zero-order chi connectivity index (χ0) is 17.8. The lowest BCUT2D eigenvalue weighted by Crippen LogP contribution is -2.48. The van der Waals surface area contributed by atoms with E-state index >= 15 is 0 Å². The first-order valence-corrected chi connectivity index (χ1v) is 8.93. The standard InChI is InChI=1S/C20H26N4O/c1-15(2)19-21-13-18(16(3)22-19)20(25)24-11-9-23(10-12-24)14-17-7-5-4-6-8-17/h4-8,13,15H,9-12,14H2,1-3H3. The van der Waals surface area contributed by atoms with Crippen LogP contribution in [0.2, 0.25) is 0 Å². The molecule has 1 aromatic heterocycles. The third-order valence-electron chi connectivity index (χ3n) is 4.65. The van der Waals surface area contributed by atoms with Crippen LogP contribution in [0.1, 0.15) is 47.2 Å². The first-order chi connectivity index (χ1) is 12.0. The molecule has 5 nitrogen and oxygen atoms in total. The lowest BCUT2D eigenvalue weighted by molar-refractivity contribution is 0.0626. The SMILES string of the molecule is Cc1nc(C(C)C)ncc1C(=O)N1CCN(Cc2ccccc2)CC1. The van der Waals surface area contributed by atoms with Crippen molar-refractivity contribution in [2.45, 2.75) is 33.2 Å². The Morgan fingerprint density at radius 2 is 1.80 bits per heavy atom. The summed E-state index contributed by atoms with van der Waals surface area (Å²) >= 11 is 0. The lowest BCUT2D eigenvalue weighted by atomic mass is 10.1. The van der Waals surface area contributed by atoms with Crippen LogP contribution in [-0.2, 0) is 6.54 Å². The molecule has 132 valence electrons. The maximum absolute atomic E-state index is 12.8. The molecular weight excluding hydrogens is 312 g/mol. The summed E-state index contributed by atoms with van der Waals surface area (Å²) in [6, 6.07) is 10.5. The van der Waals surface area contributed by atoms with Crippen molar-refractivity contribution in [3.63, 3.8) is 0 Å². The summed E-state index contributed by atoms with van der Waals surface area (Å²) in [5.41, 5.74) is 2.71. The van der Waals surface area contributed by atoms with Gasteiger partial charge in [0.15, 0.2) is 0 Å². The van der Waals surface area contributed by atoms with E-state index in [2.05, 4.69) is 53.0 Å². The lowest BCUT2D eigenvalue weighted by Gasteiger charge is -2.35. The number of nitrogens with zero attached hydrogens (tertiary/aromatic N) is 4. The van der Waals surface area contributed by atoms with Crippen LogP contribution in [0.25, 0.3) is 0 Å². The molecule has 0 bridgehead atoms. The van der Waals surface area contributed by atoms with Gasteiger partial charge in [-0.3, -0.25) is 9.69 Å². The monoisotopic (exact) mass is 338 g/mol. The van der Waals surface area contributed by atoms with Crippen molar-refractivity contribution in [3.8, 4) is 0 Å². The van der Waals surface area contributed by atoms with Gasteiger partial charge in [0.25, 0.3) is 5.91 Å². The third-order valence-corrected chi connectivity index (χ3v) is 4.65.